The molecule has 5 rings (SSSR count). The predicted molar refractivity (Wildman–Crippen MR) is 106 cm³/mol. The molecular weight excluding hydrogens is 358 g/mol. The molecule has 5 nitrogen and oxygen atoms in total. The van der Waals surface area contributed by atoms with Gasteiger partial charge < -0.3 is 10.0 Å². The van der Waals surface area contributed by atoms with Gasteiger partial charge in [0, 0.05) is 13.1 Å². The number of thiazole rings is 1. The number of aliphatic hydroxyl groups excluding tert-OH is 1. The van der Waals surface area contributed by atoms with Crippen LogP contribution in [0.15, 0.2) is 24.3 Å². The summed E-state index contributed by atoms with van der Waals surface area (Å²) >= 11 is 1.77. The highest BCUT2D eigenvalue weighted by Crippen LogP contribution is 2.43. The number of piperidine rings is 2. The molecular formula is C21H27N3O2S. The van der Waals surface area contributed by atoms with E-state index in [1.807, 2.05) is 11.0 Å². The van der Waals surface area contributed by atoms with Gasteiger partial charge in [0.1, 0.15) is 5.01 Å². The lowest BCUT2D eigenvalue weighted by Gasteiger charge is -2.48. The van der Waals surface area contributed by atoms with Gasteiger partial charge in [0.25, 0.3) is 0 Å². The van der Waals surface area contributed by atoms with Crippen molar-refractivity contribution < 1.29 is 9.90 Å². The monoisotopic (exact) mass is 385 g/mol. The molecule has 3 aliphatic rings. The molecule has 1 saturated carbocycles. The highest BCUT2D eigenvalue weighted by atomic mass is 32.1. The summed E-state index contributed by atoms with van der Waals surface area (Å²) in [4.78, 5) is 22.3. The summed E-state index contributed by atoms with van der Waals surface area (Å²) in [7, 11) is 0. The maximum atomic E-state index is 13.2. The summed E-state index contributed by atoms with van der Waals surface area (Å²) in [5, 5.41) is 11.6. The van der Waals surface area contributed by atoms with E-state index in [0.717, 1.165) is 49.5 Å². The van der Waals surface area contributed by atoms with Gasteiger partial charge in [-0.1, -0.05) is 12.1 Å². The number of nitrogens with zero attached hydrogens (tertiary/aromatic N) is 3. The number of benzene rings is 1. The Balaban J connectivity index is 1.25. The lowest BCUT2D eigenvalue weighted by molar-refractivity contribution is -0.157. The summed E-state index contributed by atoms with van der Waals surface area (Å²) in [5.74, 6) is 0.981. The quantitative estimate of drug-likeness (QED) is 0.879. The second-order valence-electron chi connectivity index (χ2n) is 8.64. The molecule has 2 saturated heterocycles. The van der Waals surface area contributed by atoms with Crippen LogP contribution in [0.4, 0.5) is 0 Å². The Kier molecular flexibility index (Phi) is 4.45. The van der Waals surface area contributed by atoms with E-state index < -0.39 is 0 Å². The summed E-state index contributed by atoms with van der Waals surface area (Å²) < 4.78 is 1.24. The molecule has 1 spiro atoms. The zero-order valence-corrected chi connectivity index (χ0v) is 16.5. The number of hydrogen-bond donors (Lipinski definition) is 1. The van der Waals surface area contributed by atoms with Crippen LogP contribution in [0, 0.1) is 11.3 Å². The van der Waals surface area contributed by atoms with Crippen LogP contribution in [0.25, 0.3) is 10.2 Å². The van der Waals surface area contributed by atoms with Crippen molar-refractivity contribution in [3.05, 3.63) is 29.3 Å². The van der Waals surface area contributed by atoms with Crippen molar-refractivity contribution in [2.45, 2.75) is 44.8 Å². The molecule has 1 amide bonds. The number of amides is 1. The van der Waals surface area contributed by atoms with Crippen molar-refractivity contribution in [1.82, 2.24) is 14.8 Å². The van der Waals surface area contributed by atoms with Gasteiger partial charge in [-0.2, -0.15) is 0 Å². The fourth-order valence-electron chi connectivity index (χ4n) is 4.78. The highest BCUT2D eigenvalue weighted by molar-refractivity contribution is 7.18. The summed E-state index contributed by atoms with van der Waals surface area (Å²) in [5.41, 5.74) is 0.740. The number of hydrogen-bond acceptors (Lipinski definition) is 5. The molecule has 1 aliphatic carbocycles. The maximum absolute atomic E-state index is 13.2. The van der Waals surface area contributed by atoms with Crippen LogP contribution in [0.1, 0.15) is 37.1 Å². The molecule has 1 aromatic carbocycles. The Morgan fingerprint density at radius 1 is 1.22 bits per heavy atom. The van der Waals surface area contributed by atoms with E-state index in [2.05, 4.69) is 23.1 Å². The fraction of sp³-hybridized carbons (Fsp3) is 0.619. The predicted octanol–water partition coefficient (Wildman–Crippen LogP) is 2.88. The molecule has 0 radical (unpaired) electrons. The number of β-amino-alcohol motifs (C(OH)–C–C–N with tert-alkyl or cyclic N) is 1. The first kappa shape index (κ1) is 17.6. The van der Waals surface area contributed by atoms with E-state index >= 15 is 0 Å². The molecule has 27 heavy (non-hydrogen) atoms. The van der Waals surface area contributed by atoms with Crippen LogP contribution in [-0.2, 0) is 11.3 Å². The molecule has 1 N–H and O–H groups in total. The van der Waals surface area contributed by atoms with Crippen molar-refractivity contribution in [2.24, 2.45) is 11.3 Å². The molecule has 2 aliphatic heterocycles. The molecule has 3 fully saturated rings. The van der Waals surface area contributed by atoms with Gasteiger partial charge in [-0.15, -0.1) is 11.3 Å². The van der Waals surface area contributed by atoms with E-state index in [1.54, 1.807) is 11.3 Å². The Morgan fingerprint density at radius 2 is 2.00 bits per heavy atom. The van der Waals surface area contributed by atoms with Gasteiger partial charge in [-0.25, -0.2) is 4.98 Å². The van der Waals surface area contributed by atoms with Gasteiger partial charge in [0.15, 0.2) is 0 Å². The zero-order chi connectivity index (χ0) is 18.4. The highest BCUT2D eigenvalue weighted by Gasteiger charge is 2.49. The largest absolute Gasteiger partial charge is 0.391 e. The molecule has 1 atom stereocenters. The first-order valence-corrected chi connectivity index (χ1v) is 11.0. The molecule has 2 aromatic rings. The average Bonchev–Trinajstić information content (AvgIpc) is 3.38. The zero-order valence-electron chi connectivity index (χ0n) is 15.6. The van der Waals surface area contributed by atoms with Crippen LogP contribution in [0.3, 0.4) is 0 Å². The topological polar surface area (TPSA) is 56.7 Å². The van der Waals surface area contributed by atoms with Crippen molar-refractivity contribution >= 4 is 27.5 Å². The van der Waals surface area contributed by atoms with Gasteiger partial charge >= 0.3 is 0 Å². The van der Waals surface area contributed by atoms with E-state index in [9.17, 15) is 9.90 Å². The minimum Gasteiger partial charge on any atom is -0.391 e. The number of fused-ring (bicyclic) bond motifs is 1. The molecule has 1 unspecified atom stereocenters. The van der Waals surface area contributed by atoms with Gasteiger partial charge in [0.2, 0.25) is 5.91 Å². The lowest BCUT2D eigenvalue weighted by atomic mass is 9.71. The Labute approximate surface area is 164 Å². The van der Waals surface area contributed by atoms with E-state index in [0.29, 0.717) is 24.8 Å². The summed E-state index contributed by atoms with van der Waals surface area (Å²) in [6.07, 6.45) is 4.47. The van der Waals surface area contributed by atoms with Crippen LogP contribution in [0.2, 0.25) is 0 Å². The third kappa shape index (κ3) is 3.50. The number of carbonyl (C=O) groups is 1. The first-order chi connectivity index (χ1) is 13.1. The fourth-order valence-corrected chi connectivity index (χ4v) is 5.79. The van der Waals surface area contributed by atoms with Crippen LogP contribution < -0.4 is 0 Å². The normalized spacial score (nSPS) is 26.2. The Hall–Kier alpha value is -1.50. The van der Waals surface area contributed by atoms with Crippen LogP contribution in [-0.4, -0.2) is 58.1 Å². The third-order valence-corrected chi connectivity index (χ3v) is 7.51. The first-order valence-electron chi connectivity index (χ1n) is 10.2. The standard InChI is InChI=1S/C21H27N3O2S/c25-16-11-21(20(26)24(13-16)12-15-5-6-15)7-9-23(10-8-21)14-19-22-17-3-1-2-4-18(17)27-19/h1-4,15-16,25H,5-14H2. The third-order valence-electron chi connectivity index (χ3n) is 6.48. The van der Waals surface area contributed by atoms with Crippen molar-refractivity contribution in [1.29, 1.82) is 0 Å². The molecule has 0 bridgehead atoms. The number of aliphatic hydroxyl groups is 1. The minimum absolute atomic E-state index is 0.305. The molecule has 3 heterocycles. The summed E-state index contributed by atoms with van der Waals surface area (Å²) in [6, 6.07) is 8.28. The average molecular weight is 386 g/mol. The van der Waals surface area contributed by atoms with E-state index in [4.69, 9.17) is 4.98 Å². The van der Waals surface area contributed by atoms with Crippen molar-refractivity contribution in [2.75, 3.05) is 26.2 Å². The molecule has 1 aromatic heterocycles. The second kappa shape index (κ2) is 6.83. The minimum atomic E-state index is -0.364. The summed E-state index contributed by atoms with van der Waals surface area (Å²) in [6.45, 7) is 4.06. The van der Waals surface area contributed by atoms with Crippen LogP contribution in [0.5, 0.6) is 0 Å². The Bertz CT molecular complexity index is 804. The van der Waals surface area contributed by atoms with Gasteiger partial charge in [-0.3, -0.25) is 9.69 Å². The molecule has 144 valence electrons. The smallest absolute Gasteiger partial charge is 0.229 e. The maximum Gasteiger partial charge on any atom is 0.229 e. The van der Waals surface area contributed by atoms with E-state index in [-0.39, 0.29) is 11.5 Å². The SMILES string of the molecule is O=C1N(CC2CC2)CC(O)CC12CCN(Cc1nc3ccccc3s1)CC2. The van der Waals surface area contributed by atoms with Crippen molar-refractivity contribution in [3.8, 4) is 0 Å². The number of rotatable bonds is 4. The van der Waals surface area contributed by atoms with Gasteiger partial charge in [0.05, 0.1) is 28.3 Å². The van der Waals surface area contributed by atoms with Gasteiger partial charge in [-0.05, 0) is 63.2 Å². The number of para-hydroxylation sites is 1. The lowest BCUT2D eigenvalue weighted by Crippen LogP contribution is -2.57. The van der Waals surface area contributed by atoms with Crippen LogP contribution >= 0.6 is 11.3 Å². The van der Waals surface area contributed by atoms with Crippen molar-refractivity contribution in [3.63, 3.8) is 0 Å². The Morgan fingerprint density at radius 3 is 2.74 bits per heavy atom. The number of likely N-dealkylation sites (tertiary alicyclic amines) is 2. The van der Waals surface area contributed by atoms with E-state index in [1.165, 1.54) is 17.5 Å². The number of carbonyl (C=O) groups excluding carboxylic acids is 1. The second-order valence-corrected chi connectivity index (χ2v) is 9.76. The number of aromatic nitrogens is 1. The molecule has 6 heteroatoms.